The van der Waals surface area contributed by atoms with Crippen LogP contribution in [0.2, 0.25) is 0 Å². The van der Waals surface area contributed by atoms with Crippen LogP contribution < -0.4 is 14.8 Å². The van der Waals surface area contributed by atoms with E-state index < -0.39 is 0 Å². The van der Waals surface area contributed by atoms with Crippen molar-refractivity contribution in [2.24, 2.45) is 0 Å². The van der Waals surface area contributed by atoms with Crippen LogP contribution in [-0.4, -0.2) is 24.7 Å². The number of carbonyl (C=O) groups excluding carboxylic acids is 1. The molecule has 2 heterocycles. The predicted molar refractivity (Wildman–Crippen MR) is 69.2 cm³/mol. The predicted octanol–water partition coefficient (Wildman–Crippen LogP) is 1.84. The van der Waals surface area contributed by atoms with Gasteiger partial charge >= 0.3 is 0 Å². The molecule has 1 aromatic heterocycles. The molecule has 19 heavy (non-hydrogen) atoms. The number of ether oxygens (including phenoxy) is 2. The van der Waals surface area contributed by atoms with Crippen LogP contribution in [0.25, 0.3) is 11.3 Å². The number of hydrogen-bond donors (Lipinski definition) is 1. The zero-order chi connectivity index (χ0) is 13.2. The molecule has 1 amide bonds. The standard InChI is InChI=1S/C14H12N2O3/c1-15-14(17)10-2-4-11(16-7-10)9-3-5-12-13(6-9)19-8-18-12/h2-7H,8H2,1H3,(H,15,17). The molecule has 0 unspecified atom stereocenters. The van der Waals surface area contributed by atoms with Gasteiger partial charge in [0.05, 0.1) is 11.3 Å². The summed E-state index contributed by atoms with van der Waals surface area (Å²) in [5, 5.41) is 2.56. The molecule has 0 bridgehead atoms. The SMILES string of the molecule is CNC(=O)c1ccc(-c2ccc3c(c2)OCO3)nc1. The number of hydrogen-bond acceptors (Lipinski definition) is 4. The van der Waals surface area contributed by atoms with Crippen LogP contribution in [0.15, 0.2) is 36.5 Å². The third-order valence-corrected chi connectivity index (χ3v) is 2.92. The summed E-state index contributed by atoms with van der Waals surface area (Å²) in [5.74, 6) is 1.31. The van der Waals surface area contributed by atoms with Crippen LogP contribution in [-0.2, 0) is 0 Å². The summed E-state index contributed by atoms with van der Waals surface area (Å²) in [7, 11) is 1.59. The number of fused-ring (bicyclic) bond motifs is 1. The number of carbonyl (C=O) groups is 1. The lowest BCUT2D eigenvalue weighted by Gasteiger charge is -2.04. The Morgan fingerprint density at radius 3 is 2.79 bits per heavy atom. The molecule has 2 aromatic rings. The van der Waals surface area contributed by atoms with Crippen molar-refractivity contribution in [3.63, 3.8) is 0 Å². The average Bonchev–Trinajstić information content (AvgIpc) is 2.94. The first-order chi connectivity index (χ1) is 9.28. The Hall–Kier alpha value is -2.56. The van der Waals surface area contributed by atoms with Crippen LogP contribution >= 0.6 is 0 Å². The molecule has 0 fully saturated rings. The van der Waals surface area contributed by atoms with Crippen molar-refractivity contribution >= 4 is 5.91 Å². The van der Waals surface area contributed by atoms with E-state index in [0.29, 0.717) is 5.56 Å². The Labute approximate surface area is 110 Å². The van der Waals surface area contributed by atoms with E-state index in [1.807, 2.05) is 24.3 Å². The maximum absolute atomic E-state index is 11.4. The molecular weight excluding hydrogens is 244 g/mol. The molecular formula is C14H12N2O3. The molecule has 96 valence electrons. The minimum Gasteiger partial charge on any atom is -0.454 e. The normalized spacial score (nSPS) is 12.3. The molecule has 0 atom stereocenters. The zero-order valence-electron chi connectivity index (χ0n) is 10.3. The van der Waals surface area contributed by atoms with Crippen molar-refractivity contribution in [2.75, 3.05) is 13.8 Å². The van der Waals surface area contributed by atoms with Crippen LogP contribution in [0, 0.1) is 0 Å². The van der Waals surface area contributed by atoms with Gasteiger partial charge < -0.3 is 14.8 Å². The van der Waals surface area contributed by atoms with Crippen molar-refractivity contribution in [3.8, 4) is 22.8 Å². The van der Waals surface area contributed by atoms with E-state index in [9.17, 15) is 4.79 Å². The number of nitrogens with one attached hydrogen (secondary N) is 1. The Kier molecular flexibility index (Phi) is 2.79. The molecule has 1 aliphatic heterocycles. The van der Waals surface area contributed by atoms with E-state index in [-0.39, 0.29) is 12.7 Å². The number of pyridine rings is 1. The second kappa shape index (κ2) is 4.61. The molecule has 1 aliphatic rings. The van der Waals surface area contributed by atoms with E-state index in [2.05, 4.69) is 10.3 Å². The summed E-state index contributed by atoms with van der Waals surface area (Å²) < 4.78 is 10.6. The third kappa shape index (κ3) is 2.10. The number of rotatable bonds is 2. The van der Waals surface area contributed by atoms with Gasteiger partial charge in [-0.15, -0.1) is 0 Å². The van der Waals surface area contributed by atoms with Crippen LogP contribution in [0.1, 0.15) is 10.4 Å². The first-order valence-corrected chi connectivity index (χ1v) is 5.86. The largest absolute Gasteiger partial charge is 0.454 e. The smallest absolute Gasteiger partial charge is 0.252 e. The fourth-order valence-corrected chi connectivity index (χ4v) is 1.90. The third-order valence-electron chi connectivity index (χ3n) is 2.92. The summed E-state index contributed by atoms with van der Waals surface area (Å²) in [6, 6.07) is 9.19. The van der Waals surface area contributed by atoms with Crippen molar-refractivity contribution in [1.29, 1.82) is 0 Å². The van der Waals surface area contributed by atoms with Crippen molar-refractivity contribution in [3.05, 3.63) is 42.1 Å². The van der Waals surface area contributed by atoms with Crippen LogP contribution in [0.5, 0.6) is 11.5 Å². The number of amides is 1. The summed E-state index contributed by atoms with van der Waals surface area (Å²) in [6.45, 7) is 0.252. The lowest BCUT2D eigenvalue weighted by atomic mass is 10.1. The van der Waals surface area contributed by atoms with E-state index >= 15 is 0 Å². The summed E-state index contributed by atoms with van der Waals surface area (Å²) in [6.07, 6.45) is 1.55. The molecule has 1 N–H and O–H groups in total. The van der Waals surface area contributed by atoms with Crippen molar-refractivity contribution < 1.29 is 14.3 Å². The molecule has 0 radical (unpaired) electrons. The topological polar surface area (TPSA) is 60.5 Å². The highest BCUT2D eigenvalue weighted by Gasteiger charge is 2.14. The fourth-order valence-electron chi connectivity index (χ4n) is 1.90. The minimum atomic E-state index is -0.148. The van der Waals surface area contributed by atoms with E-state index in [1.165, 1.54) is 0 Å². The summed E-state index contributed by atoms with van der Waals surface area (Å²) >= 11 is 0. The lowest BCUT2D eigenvalue weighted by Crippen LogP contribution is -2.17. The Balaban J connectivity index is 1.92. The highest BCUT2D eigenvalue weighted by molar-refractivity contribution is 5.93. The van der Waals surface area contributed by atoms with E-state index in [1.54, 1.807) is 19.3 Å². The van der Waals surface area contributed by atoms with Gasteiger partial charge in [-0.05, 0) is 30.3 Å². The quantitative estimate of drug-likeness (QED) is 0.890. The molecule has 5 nitrogen and oxygen atoms in total. The minimum absolute atomic E-state index is 0.148. The van der Waals surface area contributed by atoms with E-state index in [0.717, 1.165) is 22.8 Å². The first kappa shape index (κ1) is 11.5. The number of nitrogens with zero attached hydrogens (tertiary/aromatic N) is 1. The monoisotopic (exact) mass is 256 g/mol. The summed E-state index contributed by atoms with van der Waals surface area (Å²) in [4.78, 5) is 15.7. The summed E-state index contributed by atoms with van der Waals surface area (Å²) in [5.41, 5.74) is 2.24. The van der Waals surface area contributed by atoms with E-state index in [4.69, 9.17) is 9.47 Å². The van der Waals surface area contributed by atoms with Gasteiger partial charge in [0, 0.05) is 18.8 Å². The lowest BCUT2D eigenvalue weighted by molar-refractivity contribution is 0.0962. The van der Waals surface area contributed by atoms with Gasteiger partial charge in [0.2, 0.25) is 6.79 Å². The van der Waals surface area contributed by atoms with Gasteiger partial charge in [-0.3, -0.25) is 9.78 Å². The molecule has 0 aliphatic carbocycles. The molecule has 0 spiro atoms. The zero-order valence-corrected chi connectivity index (χ0v) is 10.3. The van der Waals surface area contributed by atoms with Crippen molar-refractivity contribution in [2.45, 2.75) is 0 Å². The number of aromatic nitrogens is 1. The second-order valence-corrected chi connectivity index (χ2v) is 4.08. The molecule has 0 saturated heterocycles. The van der Waals surface area contributed by atoms with Gasteiger partial charge in [0.1, 0.15) is 0 Å². The molecule has 5 heteroatoms. The Morgan fingerprint density at radius 2 is 2.05 bits per heavy atom. The maximum atomic E-state index is 11.4. The molecule has 1 aromatic carbocycles. The van der Waals surface area contributed by atoms with Gasteiger partial charge in [0.15, 0.2) is 11.5 Å². The molecule has 0 saturated carbocycles. The highest BCUT2D eigenvalue weighted by atomic mass is 16.7. The average molecular weight is 256 g/mol. The maximum Gasteiger partial charge on any atom is 0.252 e. The first-order valence-electron chi connectivity index (χ1n) is 5.86. The molecule has 3 rings (SSSR count). The van der Waals surface area contributed by atoms with Crippen LogP contribution in [0.3, 0.4) is 0 Å². The van der Waals surface area contributed by atoms with Gasteiger partial charge in [0.25, 0.3) is 5.91 Å². The van der Waals surface area contributed by atoms with Gasteiger partial charge in [-0.1, -0.05) is 0 Å². The van der Waals surface area contributed by atoms with Crippen molar-refractivity contribution in [1.82, 2.24) is 10.3 Å². The Morgan fingerprint density at radius 1 is 1.21 bits per heavy atom. The fraction of sp³-hybridized carbons (Fsp3) is 0.143. The van der Waals surface area contributed by atoms with Crippen LogP contribution in [0.4, 0.5) is 0 Å². The number of benzene rings is 1. The van der Waals surface area contributed by atoms with Gasteiger partial charge in [-0.2, -0.15) is 0 Å². The second-order valence-electron chi connectivity index (χ2n) is 4.08. The Bertz CT molecular complexity index is 623. The highest BCUT2D eigenvalue weighted by Crippen LogP contribution is 2.35. The van der Waals surface area contributed by atoms with Gasteiger partial charge in [-0.25, -0.2) is 0 Å².